The van der Waals surface area contributed by atoms with E-state index in [1.165, 1.54) is 6.07 Å². The van der Waals surface area contributed by atoms with Crippen molar-refractivity contribution in [2.45, 2.75) is 39.3 Å². The molecule has 0 aromatic heterocycles. The Morgan fingerprint density at radius 2 is 2.00 bits per heavy atom. The van der Waals surface area contributed by atoms with Crippen LogP contribution in [0.4, 0.5) is 4.39 Å². The van der Waals surface area contributed by atoms with Gasteiger partial charge in [-0.3, -0.25) is 4.79 Å². The molecule has 0 aliphatic rings. The van der Waals surface area contributed by atoms with Crippen LogP contribution < -0.4 is 10.6 Å². The number of benzene rings is 1. The fraction of sp³-hybridized carbons (Fsp3) is 0.500. The molecule has 18 heavy (non-hydrogen) atoms. The second-order valence-corrected chi connectivity index (χ2v) is 4.47. The average Bonchev–Trinajstić information content (AvgIpc) is 2.29. The van der Waals surface area contributed by atoms with Crippen molar-refractivity contribution in [3.8, 4) is 0 Å². The van der Waals surface area contributed by atoms with Crippen LogP contribution in [0.1, 0.15) is 38.8 Å². The molecule has 4 heteroatoms. The molecule has 0 fully saturated rings. The largest absolute Gasteiger partial charge is 0.349 e. The highest BCUT2D eigenvalue weighted by Crippen LogP contribution is 2.16. The molecule has 1 rings (SSSR count). The summed E-state index contributed by atoms with van der Waals surface area (Å²) >= 11 is 0. The molecule has 1 aromatic rings. The van der Waals surface area contributed by atoms with Crippen LogP contribution in [0.25, 0.3) is 0 Å². The van der Waals surface area contributed by atoms with Crippen molar-refractivity contribution in [2.24, 2.45) is 0 Å². The second-order valence-electron chi connectivity index (χ2n) is 4.47. The first kappa shape index (κ1) is 14.6. The zero-order valence-corrected chi connectivity index (χ0v) is 11.2. The van der Waals surface area contributed by atoms with Gasteiger partial charge in [-0.15, -0.1) is 0 Å². The molecule has 100 valence electrons. The van der Waals surface area contributed by atoms with Crippen LogP contribution in [-0.4, -0.2) is 18.5 Å². The lowest BCUT2D eigenvalue weighted by atomic mass is 10.1. The van der Waals surface area contributed by atoms with Crippen molar-refractivity contribution in [1.29, 1.82) is 0 Å². The van der Waals surface area contributed by atoms with Crippen LogP contribution in [0.5, 0.6) is 0 Å². The molecule has 0 saturated carbocycles. The summed E-state index contributed by atoms with van der Waals surface area (Å²) in [7, 11) is 0. The van der Waals surface area contributed by atoms with E-state index in [0.29, 0.717) is 12.0 Å². The summed E-state index contributed by atoms with van der Waals surface area (Å²) in [6.45, 7) is 6.57. The molecule has 0 bridgehead atoms. The molecule has 0 heterocycles. The first-order valence-electron chi connectivity index (χ1n) is 6.31. The minimum atomic E-state index is -0.312. The van der Waals surface area contributed by atoms with Gasteiger partial charge in [-0.05, 0) is 26.5 Å². The molecule has 0 radical (unpaired) electrons. The van der Waals surface area contributed by atoms with E-state index in [4.69, 9.17) is 0 Å². The fourth-order valence-electron chi connectivity index (χ4n) is 1.90. The van der Waals surface area contributed by atoms with Gasteiger partial charge < -0.3 is 10.6 Å². The van der Waals surface area contributed by atoms with Gasteiger partial charge in [0.05, 0.1) is 6.04 Å². The number of carbonyl (C=O) groups excluding carboxylic acids is 1. The molecule has 0 aliphatic carbocycles. The van der Waals surface area contributed by atoms with E-state index in [9.17, 15) is 9.18 Å². The third-order valence-electron chi connectivity index (χ3n) is 2.79. The van der Waals surface area contributed by atoms with Crippen LogP contribution in [0.2, 0.25) is 0 Å². The number of amides is 1. The van der Waals surface area contributed by atoms with E-state index in [0.717, 1.165) is 6.54 Å². The number of hydrogen-bond donors (Lipinski definition) is 2. The average molecular weight is 252 g/mol. The third-order valence-corrected chi connectivity index (χ3v) is 2.79. The molecule has 0 aliphatic heterocycles. The Balaban J connectivity index is 2.52. The van der Waals surface area contributed by atoms with Gasteiger partial charge in [0.25, 0.3) is 0 Å². The van der Waals surface area contributed by atoms with Crippen molar-refractivity contribution in [3.05, 3.63) is 35.6 Å². The lowest BCUT2D eigenvalue weighted by Crippen LogP contribution is -2.34. The number of rotatable bonds is 6. The summed E-state index contributed by atoms with van der Waals surface area (Å²) in [6.07, 6.45) is 0.395. The van der Waals surface area contributed by atoms with Gasteiger partial charge in [-0.25, -0.2) is 4.39 Å². The zero-order valence-electron chi connectivity index (χ0n) is 11.2. The van der Waals surface area contributed by atoms with Gasteiger partial charge in [-0.2, -0.15) is 0 Å². The van der Waals surface area contributed by atoms with Gasteiger partial charge in [0, 0.05) is 18.0 Å². The molecule has 2 atom stereocenters. The Morgan fingerprint density at radius 3 is 2.61 bits per heavy atom. The van der Waals surface area contributed by atoms with Crippen LogP contribution >= 0.6 is 0 Å². The predicted octanol–water partition coefficient (Wildman–Crippen LogP) is 2.39. The minimum absolute atomic E-state index is 0.0702. The highest BCUT2D eigenvalue weighted by atomic mass is 19.1. The van der Waals surface area contributed by atoms with Crippen molar-refractivity contribution in [1.82, 2.24) is 10.6 Å². The monoisotopic (exact) mass is 252 g/mol. The molecule has 1 aromatic carbocycles. The molecule has 1 amide bonds. The molecule has 0 saturated heterocycles. The zero-order chi connectivity index (χ0) is 13.5. The second kappa shape index (κ2) is 7.11. The first-order valence-corrected chi connectivity index (χ1v) is 6.31. The van der Waals surface area contributed by atoms with Gasteiger partial charge in [0.15, 0.2) is 0 Å². The summed E-state index contributed by atoms with van der Waals surface area (Å²) in [5, 5.41) is 5.97. The highest BCUT2D eigenvalue weighted by molar-refractivity contribution is 5.77. The Bertz CT molecular complexity index is 395. The molecular formula is C14H21FN2O. The molecular weight excluding hydrogens is 231 g/mol. The Morgan fingerprint density at radius 1 is 1.33 bits per heavy atom. The topological polar surface area (TPSA) is 41.1 Å². The molecule has 2 N–H and O–H groups in total. The first-order chi connectivity index (χ1) is 8.54. The van der Waals surface area contributed by atoms with Crippen LogP contribution in [0.3, 0.4) is 0 Å². The van der Waals surface area contributed by atoms with E-state index in [-0.39, 0.29) is 23.8 Å². The maximum Gasteiger partial charge on any atom is 0.222 e. The van der Waals surface area contributed by atoms with Gasteiger partial charge in [0.2, 0.25) is 5.91 Å². The van der Waals surface area contributed by atoms with Gasteiger partial charge in [0.1, 0.15) is 5.82 Å². The number of nitrogens with one attached hydrogen (secondary N) is 2. The Labute approximate surface area is 108 Å². The smallest absolute Gasteiger partial charge is 0.222 e. The Kier molecular flexibility index (Phi) is 5.78. The molecule has 3 nitrogen and oxygen atoms in total. The third kappa shape index (κ3) is 4.45. The van der Waals surface area contributed by atoms with Gasteiger partial charge in [-0.1, -0.05) is 25.1 Å². The van der Waals surface area contributed by atoms with Crippen LogP contribution in [0, 0.1) is 5.82 Å². The van der Waals surface area contributed by atoms with Crippen molar-refractivity contribution < 1.29 is 9.18 Å². The van der Waals surface area contributed by atoms with Crippen LogP contribution in [0.15, 0.2) is 24.3 Å². The number of halogens is 1. The normalized spacial score (nSPS) is 14.0. The quantitative estimate of drug-likeness (QED) is 0.816. The summed E-state index contributed by atoms with van der Waals surface area (Å²) in [6, 6.07) is 6.31. The van der Waals surface area contributed by atoms with Crippen molar-refractivity contribution in [2.75, 3.05) is 6.54 Å². The lowest BCUT2D eigenvalue weighted by molar-refractivity contribution is -0.122. The lowest BCUT2D eigenvalue weighted by Gasteiger charge is -2.17. The predicted molar refractivity (Wildman–Crippen MR) is 70.7 cm³/mol. The van der Waals surface area contributed by atoms with Crippen molar-refractivity contribution >= 4 is 5.91 Å². The van der Waals surface area contributed by atoms with E-state index in [2.05, 4.69) is 10.6 Å². The number of hydrogen-bond acceptors (Lipinski definition) is 2. The van der Waals surface area contributed by atoms with E-state index >= 15 is 0 Å². The molecule has 0 spiro atoms. The van der Waals surface area contributed by atoms with Crippen molar-refractivity contribution in [3.63, 3.8) is 0 Å². The summed E-state index contributed by atoms with van der Waals surface area (Å²) in [5.41, 5.74) is 0.516. The van der Waals surface area contributed by atoms with E-state index in [1.54, 1.807) is 25.1 Å². The van der Waals surface area contributed by atoms with Gasteiger partial charge >= 0.3 is 0 Å². The maximum atomic E-state index is 13.5. The highest BCUT2D eigenvalue weighted by Gasteiger charge is 2.14. The van der Waals surface area contributed by atoms with E-state index in [1.807, 2.05) is 13.8 Å². The summed E-state index contributed by atoms with van der Waals surface area (Å²) < 4.78 is 13.5. The van der Waals surface area contributed by atoms with E-state index < -0.39 is 0 Å². The summed E-state index contributed by atoms with van der Waals surface area (Å²) in [5.74, 6) is -0.357. The SMILES string of the molecule is CCNC(C)CC(=O)NC(C)c1ccccc1F. The standard InChI is InChI=1S/C14H21FN2O/c1-4-16-10(2)9-14(18)17-11(3)12-7-5-6-8-13(12)15/h5-8,10-11,16H,4,9H2,1-3H3,(H,17,18). The Hall–Kier alpha value is -1.42. The minimum Gasteiger partial charge on any atom is -0.349 e. The fourth-order valence-corrected chi connectivity index (χ4v) is 1.90. The molecule has 2 unspecified atom stereocenters. The maximum absolute atomic E-state index is 13.5. The van der Waals surface area contributed by atoms with Crippen LogP contribution in [-0.2, 0) is 4.79 Å². The number of carbonyl (C=O) groups is 1. The summed E-state index contributed by atoms with van der Waals surface area (Å²) in [4.78, 5) is 11.7.